The van der Waals surface area contributed by atoms with Crippen LogP contribution < -0.4 is 0 Å². The zero-order valence-electron chi connectivity index (χ0n) is 7.65. The summed E-state index contributed by atoms with van der Waals surface area (Å²) in [6.07, 6.45) is 0. The summed E-state index contributed by atoms with van der Waals surface area (Å²) in [7, 11) is 0. The molecule has 1 aromatic heterocycles. The van der Waals surface area contributed by atoms with Crippen LogP contribution >= 0.6 is 22.6 Å². The van der Waals surface area contributed by atoms with Gasteiger partial charge in [-0.15, -0.1) is 0 Å². The first-order valence-electron chi connectivity index (χ1n) is 4.10. The Labute approximate surface area is 102 Å². The van der Waals surface area contributed by atoms with E-state index in [0.29, 0.717) is 9.13 Å². The Bertz CT molecular complexity index is 555. The van der Waals surface area contributed by atoms with Crippen LogP contribution in [0, 0.1) is 9.39 Å². The lowest BCUT2D eigenvalue weighted by Crippen LogP contribution is -1.98. The number of aromatic carboxylic acids is 1. The smallest absolute Gasteiger partial charge is 0.377 e. The van der Waals surface area contributed by atoms with E-state index >= 15 is 0 Å². The van der Waals surface area contributed by atoms with Crippen molar-refractivity contribution in [2.75, 3.05) is 0 Å². The van der Waals surface area contributed by atoms with Crippen LogP contribution in [0.15, 0.2) is 22.7 Å². The number of aromatic nitrogens is 2. The third-order valence-electron chi connectivity index (χ3n) is 1.78. The van der Waals surface area contributed by atoms with Gasteiger partial charge in [0.1, 0.15) is 5.82 Å². The Morgan fingerprint density at radius 3 is 2.81 bits per heavy atom. The highest BCUT2D eigenvalue weighted by molar-refractivity contribution is 14.1. The maximum absolute atomic E-state index is 12.8. The lowest BCUT2D eigenvalue weighted by molar-refractivity contribution is 0.0680. The average Bonchev–Trinajstić information content (AvgIpc) is 2.66. The van der Waals surface area contributed by atoms with Crippen molar-refractivity contribution in [3.05, 3.63) is 33.4 Å². The van der Waals surface area contributed by atoms with Gasteiger partial charge in [0.2, 0.25) is 0 Å². The summed E-state index contributed by atoms with van der Waals surface area (Å²) < 4.78 is 18.2. The molecule has 0 atom stereocenters. The maximum atomic E-state index is 12.8. The van der Waals surface area contributed by atoms with Gasteiger partial charge >= 0.3 is 5.97 Å². The molecular weight excluding hydrogens is 330 g/mol. The second kappa shape index (κ2) is 4.16. The fourth-order valence-electron chi connectivity index (χ4n) is 1.08. The molecule has 82 valence electrons. The minimum atomic E-state index is -1.27. The Morgan fingerprint density at radius 2 is 2.25 bits per heavy atom. The number of hydrogen-bond donors (Lipinski definition) is 1. The Morgan fingerprint density at radius 1 is 1.50 bits per heavy atom. The van der Waals surface area contributed by atoms with Crippen LogP contribution in [0.25, 0.3) is 11.5 Å². The number of carboxylic acid groups (broad SMARTS) is 1. The molecule has 0 bridgehead atoms. The van der Waals surface area contributed by atoms with Crippen molar-refractivity contribution < 1.29 is 18.8 Å². The van der Waals surface area contributed by atoms with E-state index in [2.05, 4.69) is 10.1 Å². The number of carboxylic acids is 1. The number of nitrogens with zero attached hydrogens (tertiary/aromatic N) is 2. The molecule has 1 N–H and O–H groups in total. The molecule has 0 saturated carbocycles. The Hall–Kier alpha value is -1.51. The fourth-order valence-corrected chi connectivity index (χ4v) is 1.79. The van der Waals surface area contributed by atoms with E-state index < -0.39 is 11.8 Å². The van der Waals surface area contributed by atoms with Crippen LogP contribution in [0.2, 0.25) is 0 Å². The van der Waals surface area contributed by atoms with Crippen molar-refractivity contribution >= 4 is 28.6 Å². The van der Waals surface area contributed by atoms with E-state index in [4.69, 9.17) is 9.63 Å². The van der Waals surface area contributed by atoms with E-state index in [1.807, 2.05) is 22.6 Å². The van der Waals surface area contributed by atoms with Crippen molar-refractivity contribution in [2.24, 2.45) is 0 Å². The molecule has 16 heavy (non-hydrogen) atoms. The van der Waals surface area contributed by atoms with Gasteiger partial charge in [0.05, 0.1) is 5.56 Å². The van der Waals surface area contributed by atoms with Crippen molar-refractivity contribution in [1.82, 2.24) is 10.1 Å². The quantitative estimate of drug-likeness (QED) is 0.852. The topological polar surface area (TPSA) is 76.2 Å². The molecule has 0 aliphatic carbocycles. The molecule has 1 heterocycles. The van der Waals surface area contributed by atoms with Gasteiger partial charge in [-0.3, -0.25) is 0 Å². The Balaban J connectivity index is 2.46. The molecular formula is C9H4FIN2O3. The molecule has 7 heteroatoms. The highest BCUT2D eigenvalue weighted by Crippen LogP contribution is 2.24. The molecule has 1 aromatic carbocycles. The first kappa shape index (κ1) is 11.0. The van der Waals surface area contributed by atoms with Crippen molar-refractivity contribution in [2.45, 2.75) is 0 Å². The number of carbonyl (C=O) groups is 1. The summed E-state index contributed by atoms with van der Waals surface area (Å²) >= 11 is 1.90. The monoisotopic (exact) mass is 334 g/mol. The van der Waals surface area contributed by atoms with Gasteiger partial charge in [-0.25, -0.2) is 9.18 Å². The summed E-state index contributed by atoms with van der Waals surface area (Å²) in [5.74, 6) is -2.02. The number of hydrogen-bond acceptors (Lipinski definition) is 4. The maximum Gasteiger partial charge on any atom is 0.377 e. The van der Waals surface area contributed by atoms with Gasteiger partial charge in [-0.05, 0) is 45.9 Å². The summed E-state index contributed by atoms with van der Waals surface area (Å²) in [6.45, 7) is 0. The molecule has 5 nitrogen and oxygen atoms in total. The lowest BCUT2D eigenvalue weighted by Gasteiger charge is -1.97. The summed E-state index contributed by atoms with van der Waals surface area (Å²) in [5, 5.41) is 11.9. The van der Waals surface area contributed by atoms with Crippen LogP contribution in [0.4, 0.5) is 4.39 Å². The summed E-state index contributed by atoms with van der Waals surface area (Å²) in [6, 6.07) is 3.99. The summed E-state index contributed by atoms with van der Waals surface area (Å²) in [5.41, 5.74) is 0.502. The standard InChI is InChI=1S/C9H4FIN2O3/c10-4-1-2-5(6(11)3-4)8-12-7(9(14)15)13-16-8/h1-3H,(H,14,15). The largest absolute Gasteiger partial charge is 0.475 e. The zero-order chi connectivity index (χ0) is 11.7. The predicted octanol–water partition coefficient (Wildman–Crippen LogP) is 2.18. The van der Waals surface area contributed by atoms with Gasteiger partial charge in [0, 0.05) is 3.57 Å². The van der Waals surface area contributed by atoms with Crippen LogP contribution in [0.3, 0.4) is 0 Å². The van der Waals surface area contributed by atoms with Crippen molar-refractivity contribution in [3.63, 3.8) is 0 Å². The van der Waals surface area contributed by atoms with E-state index in [9.17, 15) is 9.18 Å². The molecule has 0 aliphatic heterocycles. The lowest BCUT2D eigenvalue weighted by atomic mass is 10.2. The van der Waals surface area contributed by atoms with Gasteiger partial charge in [0.15, 0.2) is 0 Å². The first-order chi connectivity index (χ1) is 7.58. The van der Waals surface area contributed by atoms with E-state index in [-0.39, 0.29) is 11.7 Å². The summed E-state index contributed by atoms with van der Waals surface area (Å²) in [4.78, 5) is 14.2. The van der Waals surface area contributed by atoms with Crippen LogP contribution in [0.5, 0.6) is 0 Å². The number of benzene rings is 1. The van der Waals surface area contributed by atoms with Gasteiger partial charge in [-0.2, -0.15) is 4.98 Å². The number of halogens is 2. The van der Waals surface area contributed by atoms with E-state index in [0.717, 1.165) is 0 Å². The molecule has 2 rings (SSSR count). The average molecular weight is 334 g/mol. The molecule has 0 amide bonds. The molecule has 0 unspecified atom stereocenters. The molecule has 0 spiro atoms. The molecule has 0 saturated heterocycles. The third kappa shape index (κ3) is 2.03. The molecule has 0 aliphatic rings. The fraction of sp³-hybridized carbons (Fsp3) is 0. The normalized spacial score (nSPS) is 10.4. The van der Waals surface area contributed by atoms with Crippen LogP contribution in [-0.4, -0.2) is 21.2 Å². The Kier molecular flexibility index (Phi) is 2.86. The van der Waals surface area contributed by atoms with Crippen LogP contribution in [-0.2, 0) is 0 Å². The number of rotatable bonds is 2. The third-order valence-corrected chi connectivity index (χ3v) is 2.67. The first-order valence-corrected chi connectivity index (χ1v) is 5.18. The SMILES string of the molecule is O=C(O)c1noc(-c2ccc(F)cc2I)n1. The molecule has 0 radical (unpaired) electrons. The highest BCUT2D eigenvalue weighted by atomic mass is 127. The van der Waals surface area contributed by atoms with E-state index in [1.165, 1.54) is 18.2 Å². The predicted molar refractivity (Wildman–Crippen MR) is 59.4 cm³/mol. The second-order valence-electron chi connectivity index (χ2n) is 2.85. The van der Waals surface area contributed by atoms with Gasteiger partial charge in [-0.1, -0.05) is 0 Å². The van der Waals surface area contributed by atoms with Gasteiger partial charge < -0.3 is 9.63 Å². The van der Waals surface area contributed by atoms with E-state index in [1.54, 1.807) is 0 Å². The zero-order valence-corrected chi connectivity index (χ0v) is 9.80. The molecule has 2 aromatic rings. The molecule has 0 fully saturated rings. The van der Waals surface area contributed by atoms with Crippen molar-refractivity contribution in [3.8, 4) is 11.5 Å². The highest BCUT2D eigenvalue weighted by Gasteiger charge is 2.16. The second-order valence-corrected chi connectivity index (χ2v) is 4.01. The minimum absolute atomic E-state index is 0.0572. The minimum Gasteiger partial charge on any atom is -0.475 e. The van der Waals surface area contributed by atoms with Gasteiger partial charge in [0.25, 0.3) is 11.7 Å². The van der Waals surface area contributed by atoms with Crippen LogP contribution in [0.1, 0.15) is 10.6 Å². The van der Waals surface area contributed by atoms with Crippen molar-refractivity contribution in [1.29, 1.82) is 0 Å².